The third kappa shape index (κ3) is 3.10. The maximum atomic E-state index is 11.2. The average Bonchev–Trinajstić information content (AvgIpc) is 2.85. The minimum atomic E-state index is -0.903. The van der Waals surface area contributed by atoms with Crippen LogP contribution in [0.15, 0.2) is 48.5 Å². The number of rotatable bonds is 4. The van der Waals surface area contributed by atoms with E-state index in [1.165, 1.54) is 5.69 Å². The molecule has 0 saturated heterocycles. The number of carbonyl (C=O) groups is 1. The number of carboxylic acids is 1. The van der Waals surface area contributed by atoms with Crippen molar-refractivity contribution in [2.75, 3.05) is 0 Å². The SMILES string of the molecule is CC(C)c1cc2cc(Cl)ccc2n1Cc1cccc(C(=O)O)c1. The fourth-order valence-corrected chi connectivity index (χ4v) is 3.08. The number of fused-ring (bicyclic) bond motifs is 1. The van der Waals surface area contributed by atoms with Gasteiger partial charge < -0.3 is 9.67 Å². The van der Waals surface area contributed by atoms with E-state index in [0.717, 1.165) is 21.5 Å². The molecule has 0 saturated carbocycles. The van der Waals surface area contributed by atoms with Crippen LogP contribution in [-0.2, 0) is 6.54 Å². The summed E-state index contributed by atoms with van der Waals surface area (Å²) < 4.78 is 2.23. The predicted octanol–water partition coefficient (Wildman–Crippen LogP) is 5.16. The molecule has 0 spiro atoms. The van der Waals surface area contributed by atoms with Gasteiger partial charge in [0.2, 0.25) is 0 Å². The number of aromatic carboxylic acids is 1. The highest BCUT2D eigenvalue weighted by Gasteiger charge is 2.13. The minimum absolute atomic E-state index is 0.313. The van der Waals surface area contributed by atoms with Gasteiger partial charge in [-0.15, -0.1) is 0 Å². The molecular formula is C19H18ClNO2. The maximum Gasteiger partial charge on any atom is 0.335 e. The molecular weight excluding hydrogens is 310 g/mol. The predicted molar refractivity (Wildman–Crippen MR) is 93.5 cm³/mol. The van der Waals surface area contributed by atoms with Crippen molar-refractivity contribution in [3.05, 3.63) is 70.4 Å². The first-order valence-corrected chi connectivity index (χ1v) is 7.94. The lowest BCUT2D eigenvalue weighted by Crippen LogP contribution is -2.06. The average molecular weight is 328 g/mol. The second-order valence-corrected chi connectivity index (χ2v) is 6.46. The highest BCUT2D eigenvalue weighted by atomic mass is 35.5. The van der Waals surface area contributed by atoms with Gasteiger partial charge in [-0.3, -0.25) is 0 Å². The van der Waals surface area contributed by atoms with Gasteiger partial charge in [0.1, 0.15) is 0 Å². The Morgan fingerprint density at radius 1 is 1.17 bits per heavy atom. The number of aromatic nitrogens is 1. The first-order chi connectivity index (χ1) is 11.0. The monoisotopic (exact) mass is 327 g/mol. The molecule has 0 amide bonds. The summed E-state index contributed by atoms with van der Waals surface area (Å²) in [4.78, 5) is 11.2. The summed E-state index contributed by atoms with van der Waals surface area (Å²) in [5, 5.41) is 11.0. The normalized spacial score (nSPS) is 11.3. The van der Waals surface area contributed by atoms with E-state index in [2.05, 4.69) is 24.5 Å². The highest BCUT2D eigenvalue weighted by Crippen LogP contribution is 2.28. The quantitative estimate of drug-likeness (QED) is 0.718. The summed E-state index contributed by atoms with van der Waals surface area (Å²) in [6.07, 6.45) is 0. The van der Waals surface area contributed by atoms with Crippen LogP contribution in [0.2, 0.25) is 5.02 Å². The maximum absolute atomic E-state index is 11.2. The van der Waals surface area contributed by atoms with Crippen molar-refractivity contribution in [2.45, 2.75) is 26.3 Å². The third-order valence-electron chi connectivity index (χ3n) is 4.00. The van der Waals surface area contributed by atoms with E-state index in [0.29, 0.717) is 18.0 Å². The Labute approximate surface area is 140 Å². The van der Waals surface area contributed by atoms with Crippen LogP contribution in [0.1, 0.15) is 41.4 Å². The zero-order valence-corrected chi connectivity index (χ0v) is 13.8. The Balaban J connectivity index is 2.10. The number of hydrogen-bond acceptors (Lipinski definition) is 1. The Hall–Kier alpha value is -2.26. The van der Waals surface area contributed by atoms with E-state index in [4.69, 9.17) is 16.7 Å². The van der Waals surface area contributed by atoms with Gasteiger partial charge in [-0.05, 0) is 47.9 Å². The fourth-order valence-electron chi connectivity index (χ4n) is 2.90. The zero-order chi connectivity index (χ0) is 16.6. The number of halogens is 1. The Bertz CT molecular complexity index is 880. The topological polar surface area (TPSA) is 42.2 Å². The van der Waals surface area contributed by atoms with E-state index in [1.807, 2.05) is 24.3 Å². The Kier molecular flexibility index (Phi) is 4.14. The van der Waals surface area contributed by atoms with Crippen molar-refractivity contribution in [1.82, 2.24) is 4.57 Å². The van der Waals surface area contributed by atoms with Gasteiger partial charge in [0.05, 0.1) is 5.56 Å². The summed E-state index contributed by atoms with van der Waals surface area (Å²) >= 11 is 6.10. The van der Waals surface area contributed by atoms with Crippen molar-refractivity contribution in [1.29, 1.82) is 0 Å². The molecule has 1 N–H and O–H groups in total. The number of nitrogens with zero attached hydrogens (tertiary/aromatic N) is 1. The van der Waals surface area contributed by atoms with Crippen LogP contribution in [0.3, 0.4) is 0 Å². The molecule has 0 radical (unpaired) electrons. The van der Waals surface area contributed by atoms with Crippen LogP contribution in [0.5, 0.6) is 0 Å². The lowest BCUT2D eigenvalue weighted by Gasteiger charge is -2.14. The molecule has 3 aromatic rings. The van der Waals surface area contributed by atoms with Gasteiger partial charge in [-0.1, -0.05) is 37.6 Å². The van der Waals surface area contributed by atoms with Crippen molar-refractivity contribution in [3.8, 4) is 0 Å². The summed E-state index contributed by atoms with van der Waals surface area (Å²) in [6, 6.07) is 15.1. The van der Waals surface area contributed by atoms with E-state index in [-0.39, 0.29) is 0 Å². The van der Waals surface area contributed by atoms with Crippen LogP contribution in [0.4, 0.5) is 0 Å². The summed E-state index contributed by atoms with van der Waals surface area (Å²) in [7, 11) is 0. The highest BCUT2D eigenvalue weighted by molar-refractivity contribution is 6.31. The first-order valence-electron chi connectivity index (χ1n) is 7.56. The molecule has 1 aromatic heterocycles. The molecule has 0 unspecified atom stereocenters. The van der Waals surface area contributed by atoms with Crippen molar-refractivity contribution >= 4 is 28.5 Å². The number of hydrogen-bond donors (Lipinski definition) is 1. The van der Waals surface area contributed by atoms with Crippen molar-refractivity contribution in [2.24, 2.45) is 0 Å². The second kappa shape index (κ2) is 6.09. The van der Waals surface area contributed by atoms with Crippen molar-refractivity contribution < 1.29 is 9.90 Å². The molecule has 0 atom stereocenters. The van der Waals surface area contributed by atoms with Gasteiger partial charge >= 0.3 is 5.97 Å². The van der Waals surface area contributed by atoms with E-state index in [9.17, 15) is 4.79 Å². The summed E-state index contributed by atoms with van der Waals surface area (Å²) in [6.45, 7) is 4.94. The van der Waals surface area contributed by atoms with Gasteiger partial charge in [0.15, 0.2) is 0 Å². The summed E-state index contributed by atoms with van der Waals surface area (Å²) in [5.74, 6) is -0.538. The van der Waals surface area contributed by atoms with Crippen LogP contribution in [0.25, 0.3) is 10.9 Å². The molecule has 0 bridgehead atoms. The summed E-state index contributed by atoms with van der Waals surface area (Å²) in [5.41, 5.74) is 3.61. The molecule has 0 aliphatic rings. The minimum Gasteiger partial charge on any atom is -0.478 e. The van der Waals surface area contributed by atoms with Gasteiger partial charge in [0, 0.05) is 28.2 Å². The van der Waals surface area contributed by atoms with E-state index < -0.39 is 5.97 Å². The lowest BCUT2D eigenvalue weighted by atomic mass is 10.1. The number of benzene rings is 2. The van der Waals surface area contributed by atoms with E-state index in [1.54, 1.807) is 18.2 Å². The smallest absolute Gasteiger partial charge is 0.335 e. The molecule has 0 aliphatic heterocycles. The lowest BCUT2D eigenvalue weighted by molar-refractivity contribution is 0.0696. The molecule has 3 nitrogen and oxygen atoms in total. The molecule has 2 aromatic carbocycles. The van der Waals surface area contributed by atoms with Gasteiger partial charge in [-0.2, -0.15) is 0 Å². The van der Waals surface area contributed by atoms with Crippen LogP contribution in [0, 0.1) is 0 Å². The van der Waals surface area contributed by atoms with Crippen LogP contribution < -0.4 is 0 Å². The molecule has 3 rings (SSSR count). The van der Waals surface area contributed by atoms with Crippen molar-refractivity contribution in [3.63, 3.8) is 0 Å². The molecule has 0 aliphatic carbocycles. The molecule has 0 fully saturated rings. The van der Waals surface area contributed by atoms with Gasteiger partial charge in [0.25, 0.3) is 0 Å². The molecule has 23 heavy (non-hydrogen) atoms. The molecule has 4 heteroatoms. The Morgan fingerprint density at radius 3 is 2.65 bits per heavy atom. The Morgan fingerprint density at radius 2 is 1.96 bits per heavy atom. The standard InChI is InChI=1S/C19H18ClNO2/c1-12(2)18-10-15-9-16(20)6-7-17(15)21(18)11-13-4-3-5-14(8-13)19(22)23/h3-10,12H,11H2,1-2H3,(H,22,23). The van der Waals surface area contributed by atoms with Gasteiger partial charge in [-0.25, -0.2) is 4.79 Å². The molecule has 1 heterocycles. The fraction of sp³-hybridized carbons (Fsp3) is 0.211. The third-order valence-corrected chi connectivity index (χ3v) is 4.24. The van der Waals surface area contributed by atoms with E-state index >= 15 is 0 Å². The first kappa shape index (κ1) is 15.6. The molecule has 118 valence electrons. The largest absolute Gasteiger partial charge is 0.478 e. The zero-order valence-electron chi connectivity index (χ0n) is 13.1. The number of carboxylic acid groups (broad SMARTS) is 1. The van der Waals surface area contributed by atoms with Crippen LogP contribution >= 0.6 is 11.6 Å². The second-order valence-electron chi connectivity index (χ2n) is 6.02. The van der Waals surface area contributed by atoms with Crippen LogP contribution in [-0.4, -0.2) is 15.6 Å².